The molecule has 1 aliphatic heterocycles. The van der Waals surface area contributed by atoms with E-state index >= 15 is 0 Å². The van der Waals surface area contributed by atoms with E-state index in [1.165, 1.54) is 28.9 Å². The van der Waals surface area contributed by atoms with Crippen LogP contribution < -0.4 is 16.4 Å². The molecule has 2 N–H and O–H groups in total. The Hall–Kier alpha value is -4.97. The van der Waals surface area contributed by atoms with Crippen molar-refractivity contribution in [1.82, 2.24) is 34.6 Å². The minimum Gasteiger partial charge on any atom is -0.453 e. The summed E-state index contributed by atoms with van der Waals surface area (Å²) in [6.07, 6.45) is 2.19. The number of benzene rings is 2. The van der Waals surface area contributed by atoms with Gasteiger partial charge in [0, 0.05) is 34.1 Å². The van der Waals surface area contributed by atoms with Crippen LogP contribution in [0.2, 0.25) is 5.02 Å². The summed E-state index contributed by atoms with van der Waals surface area (Å²) in [4.78, 5) is 37.7. The Bertz CT molecular complexity index is 1810. The fourth-order valence-electron chi connectivity index (χ4n) is 4.90. The highest BCUT2D eigenvalue weighted by Crippen LogP contribution is 2.34. The average Bonchev–Trinajstić information content (AvgIpc) is 3.69. The monoisotopic (exact) mass is 544 g/mol. The van der Waals surface area contributed by atoms with E-state index in [0.29, 0.717) is 46.2 Å². The lowest BCUT2D eigenvalue weighted by molar-refractivity contribution is 0.187. The molecular formula is C26H21ClN8O4. The van der Waals surface area contributed by atoms with Crippen molar-refractivity contribution in [3.8, 4) is 22.5 Å². The molecule has 0 spiro atoms. The van der Waals surface area contributed by atoms with E-state index in [-0.39, 0.29) is 17.2 Å². The smallest absolute Gasteiger partial charge is 0.411 e. The largest absolute Gasteiger partial charge is 0.453 e. The number of rotatable bonds is 5. The van der Waals surface area contributed by atoms with Crippen molar-refractivity contribution in [3.63, 3.8) is 0 Å². The van der Waals surface area contributed by atoms with Gasteiger partial charge in [0.05, 0.1) is 30.2 Å². The zero-order valence-electron chi connectivity index (χ0n) is 20.5. The summed E-state index contributed by atoms with van der Waals surface area (Å²) in [7, 11) is 1.28. The quantitative estimate of drug-likeness (QED) is 0.345. The Morgan fingerprint density at radius 2 is 1.90 bits per heavy atom. The number of amides is 1. The highest BCUT2D eigenvalue weighted by Gasteiger charge is 2.28. The molecule has 1 atom stereocenters. The molecule has 0 saturated heterocycles. The van der Waals surface area contributed by atoms with Gasteiger partial charge in [-0.2, -0.15) is 4.68 Å². The number of hydrogen-bond acceptors (Lipinski definition) is 7. The third kappa shape index (κ3) is 4.50. The van der Waals surface area contributed by atoms with Gasteiger partial charge in [0.15, 0.2) is 0 Å². The summed E-state index contributed by atoms with van der Waals surface area (Å²) in [5.41, 5.74) is 4.24. The van der Waals surface area contributed by atoms with Crippen LogP contribution in [0, 0.1) is 0 Å². The number of nitrogens with zero attached hydrogens (tertiary/aromatic N) is 6. The van der Waals surface area contributed by atoms with Gasteiger partial charge in [0.1, 0.15) is 6.33 Å². The van der Waals surface area contributed by atoms with Crippen molar-refractivity contribution in [2.24, 2.45) is 0 Å². The molecule has 6 rings (SSSR count). The van der Waals surface area contributed by atoms with Gasteiger partial charge in [-0.15, -0.1) is 5.10 Å². The highest BCUT2D eigenvalue weighted by molar-refractivity contribution is 6.31. The molecule has 0 fully saturated rings. The highest BCUT2D eigenvalue weighted by atomic mass is 35.5. The second-order valence-corrected chi connectivity index (χ2v) is 9.40. The predicted molar refractivity (Wildman–Crippen MR) is 143 cm³/mol. The molecule has 12 nitrogen and oxygen atoms in total. The van der Waals surface area contributed by atoms with E-state index in [9.17, 15) is 14.4 Å². The molecule has 3 aromatic heterocycles. The molecule has 0 aliphatic carbocycles. The Balaban J connectivity index is 1.33. The molecule has 13 heteroatoms. The van der Waals surface area contributed by atoms with Gasteiger partial charge in [-0.25, -0.2) is 9.48 Å². The lowest BCUT2D eigenvalue weighted by atomic mass is 10.0. The normalized spacial score (nSPS) is 14.3. The molecule has 5 aromatic rings. The van der Waals surface area contributed by atoms with Crippen molar-refractivity contribution < 1.29 is 9.53 Å². The Morgan fingerprint density at radius 3 is 2.64 bits per heavy atom. The summed E-state index contributed by atoms with van der Waals surface area (Å²) in [6, 6.07) is 16.7. The first-order valence-corrected chi connectivity index (χ1v) is 12.3. The number of carbonyl (C=O) groups is 1. The van der Waals surface area contributed by atoms with Crippen LogP contribution in [0.4, 0.5) is 10.5 Å². The van der Waals surface area contributed by atoms with Gasteiger partial charge >= 0.3 is 6.09 Å². The third-order valence-electron chi connectivity index (χ3n) is 6.66. The third-order valence-corrected chi connectivity index (χ3v) is 6.89. The molecule has 0 saturated carbocycles. The van der Waals surface area contributed by atoms with Crippen LogP contribution in [0.15, 0.2) is 76.6 Å². The number of methoxy groups -OCH3 is 1. The van der Waals surface area contributed by atoms with Crippen LogP contribution in [0.25, 0.3) is 22.5 Å². The number of tetrazole rings is 1. The number of pyridine rings is 1. The topological polar surface area (TPSA) is 142 Å². The molecule has 4 heterocycles. The van der Waals surface area contributed by atoms with Crippen molar-refractivity contribution in [2.75, 3.05) is 12.4 Å². The van der Waals surface area contributed by atoms with Crippen LogP contribution >= 0.6 is 11.6 Å². The number of aromatic amines is 1. The first-order chi connectivity index (χ1) is 18.9. The first kappa shape index (κ1) is 24.4. The fourth-order valence-corrected chi connectivity index (χ4v) is 5.07. The van der Waals surface area contributed by atoms with Crippen LogP contribution in [-0.2, 0) is 11.2 Å². The minimum absolute atomic E-state index is 0.195. The van der Waals surface area contributed by atoms with Gasteiger partial charge in [0.2, 0.25) is 0 Å². The summed E-state index contributed by atoms with van der Waals surface area (Å²) >= 11 is 6.29. The Kier molecular flexibility index (Phi) is 6.08. The zero-order valence-corrected chi connectivity index (χ0v) is 21.3. The number of nitrogens with one attached hydrogen (secondary N) is 2. The molecule has 196 valence electrons. The van der Waals surface area contributed by atoms with Gasteiger partial charge in [-0.05, 0) is 77.4 Å². The van der Waals surface area contributed by atoms with E-state index < -0.39 is 6.09 Å². The molecule has 0 radical (unpaired) electrons. The number of ether oxygens (including phenoxy) is 1. The van der Waals surface area contributed by atoms with Crippen LogP contribution in [0.3, 0.4) is 0 Å². The number of carbonyl (C=O) groups excluding carboxylic acids is 1. The second-order valence-electron chi connectivity index (χ2n) is 8.96. The summed E-state index contributed by atoms with van der Waals surface area (Å²) in [6.45, 7) is 0. The van der Waals surface area contributed by atoms with Crippen molar-refractivity contribution in [2.45, 2.75) is 18.9 Å². The number of aryl methyl sites for hydroxylation is 1. The second kappa shape index (κ2) is 9.72. The molecule has 2 aromatic carbocycles. The average molecular weight is 545 g/mol. The lowest BCUT2D eigenvalue weighted by Gasteiger charge is -2.15. The van der Waals surface area contributed by atoms with E-state index in [0.717, 1.165) is 11.3 Å². The Labute approximate surface area is 225 Å². The SMILES string of the molecule is COC(=O)Nc1ccc(-n2[nH]c([C@@H]3CCc4cc(-c5cc(Cl)ccc5-n5cnnn5)cc(=O)n43)cc2=O)cc1. The van der Waals surface area contributed by atoms with Crippen molar-refractivity contribution in [1.29, 1.82) is 0 Å². The fraction of sp³-hybridized carbons (Fsp3) is 0.154. The maximum absolute atomic E-state index is 13.4. The van der Waals surface area contributed by atoms with Crippen LogP contribution in [-0.4, -0.2) is 47.8 Å². The summed E-state index contributed by atoms with van der Waals surface area (Å²) in [5, 5.41) is 17.6. The van der Waals surface area contributed by atoms with E-state index in [1.54, 1.807) is 53.1 Å². The van der Waals surface area contributed by atoms with Crippen LogP contribution in [0.1, 0.15) is 23.9 Å². The number of hydrogen-bond donors (Lipinski definition) is 2. The number of H-pyrrole nitrogens is 1. The maximum atomic E-state index is 13.4. The lowest BCUT2D eigenvalue weighted by Crippen LogP contribution is -2.23. The number of fused-ring (bicyclic) bond motifs is 1. The zero-order chi connectivity index (χ0) is 27.1. The van der Waals surface area contributed by atoms with E-state index in [1.807, 2.05) is 6.07 Å². The molecule has 0 bridgehead atoms. The predicted octanol–water partition coefficient (Wildman–Crippen LogP) is 3.34. The summed E-state index contributed by atoms with van der Waals surface area (Å²) in [5.74, 6) is 0. The Morgan fingerprint density at radius 1 is 1.08 bits per heavy atom. The van der Waals surface area contributed by atoms with Crippen molar-refractivity contribution in [3.05, 3.63) is 104 Å². The van der Waals surface area contributed by atoms with Crippen LogP contribution in [0.5, 0.6) is 0 Å². The minimum atomic E-state index is -0.586. The van der Waals surface area contributed by atoms with E-state index in [4.69, 9.17) is 11.6 Å². The van der Waals surface area contributed by atoms with Gasteiger partial charge in [0.25, 0.3) is 11.1 Å². The number of halogens is 1. The number of aromatic nitrogens is 7. The van der Waals surface area contributed by atoms with Gasteiger partial charge in [-0.1, -0.05) is 11.6 Å². The molecule has 1 amide bonds. The first-order valence-electron chi connectivity index (χ1n) is 12.0. The molecule has 0 unspecified atom stereocenters. The molecule has 1 aliphatic rings. The van der Waals surface area contributed by atoms with Gasteiger partial charge in [-0.3, -0.25) is 20.0 Å². The van der Waals surface area contributed by atoms with Crippen molar-refractivity contribution >= 4 is 23.4 Å². The molecular weight excluding hydrogens is 524 g/mol. The number of anilines is 1. The standard InChI is InChI=1S/C26H21ClN8O4/c1-39-26(38)29-17-3-5-18(6-4-17)35-25(37)13-21(30-35)23-9-7-19-10-15(11-24(36)34(19)23)20-12-16(27)2-8-22(20)33-14-28-31-32-33/h2-6,8,10-14,23,30H,7,9H2,1H3,(H,29,38)/t23-/m0/s1. The van der Waals surface area contributed by atoms with Gasteiger partial charge < -0.3 is 9.30 Å². The maximum Gasteiger partial charge on any atom is 0.411 e. The summed E-state index contributed by atoms with van der Waals surface area (Å²) < 4.78 is 9.23. The van der Waals surface area contributed by atoms with E-state index in [2.05, 4.69) is 30.7 Å². The molecule has 39 heavy (non-hydrogen) atoms.